The van der Waals surface area contributed by atoms with E-state index in [1.165, 1.54) is 30.4 Å². The number of rotatable bonds is 2. The second kappa shape index (κ2) is 4.31. The molecule has 0 aliphatic heterocycles. The number of hydrogen-bond acceptors (Lipinski definition) is 3. The molecule has 0 N–H and O–H groups in total. The van der Waals surface area contributed by atoms with E-state index >= 15 is 0 Å². The lowest BCUT2D eigenvalue weighted by atomic mass is 10.2. The van der Waals surface area contributed by atoms with Crippen LogP contribution in [0.3, 0.4) is 0 Å². The monoisotopic (exact) mass is 255 g/mol. The van der Waals surface area contributed by atoms with E-state index in [-0.39, 0.29) is 5.78 Å². The standard InChI is InChI=1S/C11H7ClFNOS/c1-6(15)11-14-10(5-16-11)8-3-2-7(13)4-9(8)12/h2-5H,1H3. The molecule has 0 aliphatic rings. The maximum Gasteiger partial charge on any atom is 0.188 e. The number of ketones is 1. The van der Waals surface area contributed by atoms with Crippen LogP contribution in [0.5, 0.6) is 0 Å². The van der Waals surface area contributed by atoms with E-state index in [0.29, 0.717) is 21.3 Å². The minimum Gasteiger partial charge on any atom is -0.292 e. The van der Waals surface area contributed by atoms with Gasteiger partial charge < -0.3 is 0 Å². The van der Waals surface area contributed by atoms with Crippen molar-refractivity contribution in [2.45, 2.75) is 6.92 Å². The van der Waals surface area contributed by atoms with E-state index in [2.05, 4.69) is 4.98 Å². The Hall–Kier alpha value is -1.26. The largest absolute Gasteiger partial charge is 0.292 e. The lowest BCUT2D eigenvalue weighted by Gasteiger charge is -1.99. The molecule has 0 radical (unpaired) electrons. The van der Waals surface area contributed by atoms with Crippen LogP contribution in [0.1, 0.15) is 16.7 Å². The average Bonchev–Trinajstić information content (AvgIpc) is 2.66. The highest BCUT2D eigenvalue weighted by Crippen LogP contribution is 2.29. The number of aromatic nitrogens is 1. The normalized spacial score (nSPS) is 10.4. The summed E-state index contributed by atoms with van der Waals surface area (Å²) in [5, 5.41) is 2.45. The maximum absolute atomic E-state index is 12.8. The molecule has 0 unspecified atom stereocenters. The van der Waals surface area contributed by atoms with Gasteiger partial charge in [0.2, 0.25) is 0 Å². The van der Waals surface area contributed by atoms with Crippen molar-refractivity contribution in [1.29, 1.82) is 0 Å². The van der Waals surface area contributed by atoms with Gasteiger partial charge in [-0.15, -0.1) is 11.3 Å². The van der Waals surface area contributed by atoms with E-state index in [4.69, 9.17) is 11.6 Å². The van der Waals surface area contributed by atoms with Crippen LogP contribution in [0.4, 0.5) is 4.39 Å². The highest BCUT2D eigenvalue weighted by Gasteiger charge is 2.11. The molecule has 0 spiro atoms. The molecule has 0 fully saturated rings. The minimum atomic E-state index is -0.393. The zero-order chi connectivity index (χ0) is 11.7. The van der Waals surface area contributed by atoms with Gasteiger partial charge in [-0.2, -0.15) is 0 Å². The van der Waals surface area contributed by atoms with Crippen LogP contribution in [0, 0.1) is 5.82 Å². The first-order valence-corrected chi connectivity index (χ1v) is 5.75. The molecule has 5 heteroatoms. The Morgan fingerprint density at radius 1 is 1.50 bits per heavy atom. The molecule has 1 aromatic carbocycles. The fourth-order valence-corrected chi connectivity index (χ4v) is 2.24. The first-order valence-electron chi connectivity index (χ1n) is 4.50. The number of Topliss-reactive ketones (excluding diaryl/α,β-unsaturated/α-hetero) is 1. The molecule has 0 aliphatic carbocycles. The summed E-state index contributed by atoms with van der Waals surface area (Å²) in [5.41, 5.74) is 1.23. The lowest BCUT2D eigenvalue weighted by Crippen LogP contribution is -1.90. The topological polar surface area (TPSA) is 30.0 Å². The van der Waals surface area contributed by atoms with E-state index in [1.54, 1.807) is 11.4 Å². The summed E-state index contributed by atoms with van der Waals surface area (Å²) in [5.74, 6) is -0.481. The first kappa shape index (κ1) is 11.2. The molecule has 0 saturated heterocycles. The number of nitrogens with zero attached hydrogens (tertiary/aromatic N) is 1. The summed E-state index contributed by atoms with van der Waals surface area (Å²) in [6.07, 6.45) is 0. The predicted octanol–water partition coefficient (Wildman–Crippen LogP) is 3.81. The van der Waals surface area contributed by atoms with Crippen molar-refractivity contribution >= 4 is 28.7 Å². The molecule has 16 heavy (non-hydrogen) atoms. The summed E-state index contributed by atoms with van der Waals surface area (Å²) in [6.45, 7) is 1.45. The van der Waals surface area contributed by atoms with Gasteiger partial charge in [0, 0.05) is 17.9 Å². The van der Waals surface area contributed by atoms with E-state index < -0.39 is 5.82 Å². The van der Waals surface area contributed by atoms with E-state index in [1.807, 2.05) is 0 Å². The Bertz CT molecular complexity index is 553. The van der Waals surface area contributed by atoms with Gasteiger partial charge in [0.15, 0.2) is 10.8 Å². The van der Waals surface area contributed by atoms with E-state index in [9.17, 15) is 9.18 Å². The van der Waals surface area contributed by atoms with Gasteiger partial charge in [0.1, 0.15) is 5.82 Å². The van der Waals surface area contributed by atoms with Crippen LogP contribution in [0.15, 0.2) is 23.6 Å². The third kappa shape index (κ3) is 2.13. The molecular formula is C11H7ClFNOS. The highest BCUT2D eigenvalue weighted by atomic mass is 35.5. The zero-order valence-corrected chi connectivity index (χ0v) is 9.90. The molecule has 0 bridgehead atoms. The summed E-state index contributed by atoms with van der Waals surface area (Å²) in [6, 6.07) is 4.09. The van der Waals surface area contributed by atoms with Gasteiger partial charge in [0.25, 0.3) is 0 Å². The third-order valence-corrected chi connectivity index (χ3v) is 3.27. The minimum absolute atomic E-state index is 0.0884. The predicted molar refractivity (Wildman–Crippen MR) is 62.5 cm³/mol. The second-order valence-electron chi connectivity index (χ2n) is 3.22. The quantitative estimate of drug-likeness (QED) is 0.764. The van der Waals surface area contributed by atoms with Gasteiger partial charge in [-0.1, -0.05) is 11.6 Å². The van der Waals surface area contributed by atoms with Crippen LogP contribution in [0.25, 0.3) is 11.3 Å². The van der Waals surface area contributed by atoms with Gasteiger partial charge in [-0.25, -0.2) is 9.37 Å². The van der Waals surface area contributed by atoms with Crippen LogP contribution in [-0.4, -0.2) is 10.8 Å². The Morgan fingerprint density at radius 2 is 2.25 bits per heavy atom. The number of benzene rings is 1. The van der Waals surface area contributed by atoms with Crippen LogP contribution in [-0.2, 0) is 0 Å². The fraction of sp³-hybridized carbons (Fsp3) is 0.0909. The number of carbonyl (C=O) groups is 1. The third-order valence-electron chi connectivity index (χ3n) is 2.01. The van der Waals surface area contributed by atoms with Crippen molar-refractivity contribution in [1.82, 2.24) is 4.98 Å². The highest BCUT2D eigenvalue weighted by molar-refractivity contribution is 7.12. The van der Waals surface area contributed by atoms with Gasteiger partial charge >= 0.3 is 0 Å². The number of thiazole rings is 1. The molecule has 1 heterocycles. The molecular weight excluding hydrogens is 249 g/mol. The van der Waals surface area contributed by atoms with Crippen molar-refractivity contribution in [2.75, 3.05) is 0 Å². The molecule has 82 valence electrons. The number of halogens is 2. The Morgan fingerprint density at radius 3 is 2.81 bits per heavy atom. The summed E-state index contributed by atoms with van der Waals surface area (Å²) in [7, 11) is 0. The molecule has 2 aromatic rings. The van der Waals surface area contributed by atoms with Gasteiger partial charge in [-0.05, 0) is 18.2 Å². The smallest absolute Gasteiger partial charge is 0.188 e. The Labute approximate surface area is 101 Å². The molecule has 0 saturated carbocycles. The van der Waals surface area contributed by atoms with Crippen molar-refractivity contribution in [3.8, 4) is 11.3 Å². The SMILES string of the molecule is CC(=O)c1nc(-c2ccc(F)cc2Cl)cs1. The van der Waals surface area contributed by atoms with Crippen molar-refractivity contribution in [3.63, 3.8) is 0 Å². The van der Waals surface area contributed by atoms with Crippen LogP contribution in [0.2, 0.25) is 5.02 Å². The fourth-order valence-electron chi connectivity index (χ4n) is 1.26. The van der Waals surface area contributed by atoms with Crippen LogP contribution >= 0.6 is 22.9 Å². The summed E-state index contributed by atoms with van der Waals surface area (Å²) >= 11 is 7.14. The summed E-state index contributed by atoms with van der Waals surface area (Å²) in [4.78, 5) is 15.2. The first-order chi connectivity index (χ1) is 7.58. The van der Waals surface area contributed by atoms with E-state index in [0.717, 1.165) is 0 Å². The molecule has 0 atom stereocenters. The van der Waals surface area contributed by atoms with Crippen molar-refractivity contribution in [3.05, 3.63) is 39.4 Å². The van der Waals surface area contributed by atoms with Gasteiger partial charge in [0.05, 0.1) is 10.7 Å². The number of carbonyl (C=O) groups excluding carboxylic acids is 1. The molecule has 0 amide bonds. The summed E-state index contributed by atoms with van der Waals surface area (Å²) < 4.78 is 12.8. The maximum atomic E-state index is 12.8. The molecule has 2 nitrogen and oxygen atoms in total. The van der Waals surface area contributed by atoms with Gasteiger partial charge in [-0.3, -0.25) is 4.79 Å². The van der Waals surface area contributed by atoms with Crippen LogP contribution < -0.4 is 0 Å². The van der Waals surface area contributed by atoms with Crippen molar-refractivity contribution < 1.29 is 9.18 Å². The Balaban J connectivity index is 2.46. The Kier molecular flexibility index (Phi) is 3.03. The molecule has 2 rings (SSSR count). The lowest BCUT2D eigenvalue weighted by molar-refractivity contribution is 0.101. The second-order valence-corrected chi connectivity index (χ2v) is 4.48. The number of hydrogen-bond donors (Lipinski definition) is 0. The van der Waals surface area contributed by atoms with Crippen molar-refractivity contribution in [2.24, 2.45) is 0 Å². The molecule has 1 aromatic heterocycles. The average molecular weight is 256 g/mol. The zero-order valence-electron chi connectivity index (χ0n) is 8.33.